The highest BCUT2D eigenvalue weighted by Crippen LogP contribution is 2.21. The molecule has 1 aromatic heterocycles. The molecule has 2 amide bonds. The smallest absolute Gasteiger partial charge is 0.346 e. The van der Waals surface area contributed by atoms with Crippen molar-refractivity contribution in [2.24, 2.45) is 0 Å². The Kier molecular flexibility index (Phi) is 9.38. The van der Waals surface area contributed by atoms with Gasteiger partial charge in [-0.2, -0.15) is 16.4 Å². The van der Waals surface area contributed by atoms with E-state index >= 15 is 0 Å². The van der Waals surface area contributed by atoms with E-state index < -0.39 is 5.97 Å². The van der Waals surface area contributed by atoms with Gasteiger partial charge in [0.2, 0.25) is 5.91 Å². The molecule has 0 spiro atoms. The maximum absolute atomic E-state index is 13.0. The predicted molar refractivity (Wildman–Crippen MR) is 123 cm³/mol. The van der Waals surface area contributed by atoms with E-state index in [1.165, 1.54) is 21.6 Å². The molecule has 1 heterocycles. The molecule has 0 aliphatic carbocycles. The first-order chi connectivity index (χ1) is 14.8. The number of nitrogens with zero attached hydrogens (tertiary/aromatic N) is 5. The van der Waals surface area contributed by atoms with Gasteiger partial charge in [-0.15, -0.1) is 5.10 Å². The number of methoxy groups -OCH3 is 1. The van der Waals surface area contributed by atoms with Gasteiger partial charge in [0.1, 0.15) is 6.54 Å². The van der Waals surface area contributed by atoms with E-state index in [2.05, 4.69) is 17.0 Å². The van der Waals surface area contributed by atoms with Crippen molar-refractivity contribution < 1.29 is 19.1 Å². The number of rotatable bonds is 9. The lowest BCUT2D eigenvalue weighted by Gasteiger charge is -2.21. The summed E-state index contributed by atoms with van der Waals surface area (Å²) in [7, 11) is 4.53. The first-order valence-corrected chi connectivity index (χ1v) is 11.8. The third kappa shape index (κ3) is 7.00. The number of amides is 2. The zero-order valence-electron chi connectivity index (χ0n) is 18.3. The van der Waals surface area contributed by atoms with Crippen molar-refractivity contribution in [3.63, 3.8) is 0 Å². The van der Waals surface area contributed by atoms with Crippen LogP contribution in [0.1, 0.15) is 12.7 Å². The number of carbonyl (C=O) groups is 3. The normalized spacial score (nSPS) is 11.6. The summed E-state index contributed by atoms with van der Waals surface area (Å²) in [5, 5.41) is 4.97. The lowest BCUT2D eigenvalue weighted by molar-refractivity contribution is -0.139. The Morgan fingerprint density at radius 1 is 1.19 bits per heavy atom. The lowest BCUT2D eigenvalue weighted by atomic mass is 10.3. The molecular formula is C20H27N5O4S2. The summed E-state index contributed by atoms with van der Waals surface area (Å²) < 4.78 is 5.94. The van der Waals surface area contributed by atoms with E-state index in [4.69, 9.17) is 4.74 Å². The molecule has 2 rings (SSSR count). The van der Waals surface area contributed by atoms with Gasteiger partial charge in [-0.1, -0.05) is 36.9 Å². The van der Waals surface area contributed by atoms with E-state index in [1.54, 1.807) is 50.1 Å². The van der Waals surface area contributed by atoms with Crippen molar-refractivity contribution in [1.29, 1.82) is 0 Å². The largest absolute Gasteiger partial charge is 0.468 e. The molecule has 0 aliphatic heterocycles. The maximum atomic E-state index is 13.0. The molecule has 9 nitrogen and oxygen atoms in total. The van der Waals surface area contributed by atoms with Crippen molar-refractivity contribution >= 4 is 47.1 Å². The fraction of sp³-hybridized carbons (Fsp3) is 0.450. The molecule has 31 heavy (non-hydrogen) atoms. The number of ether oxygens (including phenoxy) is 1. The fourth-order valence-corrected chi connectivity index (χ4v) is 3.64. The van der Waals surface area contributed by atoms with Gasteiger partial charge < -0.3 is 14.5 Å². The number of esters is 1. The Hall–Kier alpha value is -2.53. The minimum absolute atomic E-state index is 0.0250. The van der Waals surface area contributed by atoms with Crippen molar-refractivity contribution in [3.8, 4) is 0 Å². The summed E-state index contributed by atoms with van der Waals surface area (Å²) in [4.78, 5) is 44.5. The second-order valence-corrected chi connectivity index (χ2v) is 9.05. The SMILES string of the molecule is COC(=O)CN(C(=O)CSc1nc(CC(C)SC)nn1C(=O)N(C)C)c1ccccc1. The molecule has 2 aromatic rings. The monoisotopic (exact) mass is 465 g/mol. The van der Waals surface area contributed by atoms with Gasteiger partial charge in [-0.3, -0.25) is 9.59 Å². The van der Waals surface area contributed by atoms with Crippen molar-refractivity contribution in [2.75, 3.05) is 44.7 Å². The van der Waals surface area contributed by atoms with Crippen LogP contribution in [0, 0.1) is 0 Å². The molecule has 1 aromatic carbocycles. The van der Waals surface area contributed by atoms with Gasteiger partial charge in [-0.05, 0) is 18.4 Å². The number of hydrogen-bond acceptors (Lipinski definition) is 8. The molecule has 0 bridgehead atoms. The zero-order chi connectivity index (χ0) is 23.0. The van der Waals surface area contributed by atoms with Gasteiger partial charge in [0, 0.05) is 31.5 Å². The van der Waals surface area contributed by atoms with Crippen LogP contribution < -0.4 is 4.90 Å². The predicted octanol–water partition coefficient (Wildman–Crippen LogP) is 2.40. The second kappa shape index (κ2) is 11.8. The van der Waals surface area contributed by atoms with Crippen LogP contribution in [0.4, 0.5) is 10.5 Å². The van der Waals surface area contributed by atoms with Gasteiger partial charge in [0.05, 0.1) is 12.9 Å². The van der Waals surface area contributed by atoms with Crippen LogP contribution in [-0.4, -0.2) is 82.6 Å². The summed E-state index contributed by atoms with van der Waals surface area (Å²) in [5.41, 5.74) is 0.582. The number of thioether (sulfide) groups is 2. The molecule has 0 saturated carbocycles. The van der Waals surface area contributed by atoms with Crippen LogP contribution in [0.25, 0.3) is 0 Å². The first kappa shape index (κ1) is 24.7. The van der Waals surface area contributed by atoms with E-state index in [0.717, 1.165) is 11.8 Å². The van der Waals surface area contributed by atoms with Gasteiger partial charge in [0.25, 0.3) is 0 Å². The number of carbonyl (C=O) groups excluding carboxylic acids is 3. The number of benzene rings is 1. The Morgan fingerprint density at radius 2 is 1.87 bits per heavy atom. The molecule has 11 heteroatoms. The van der Waals surface area contributed by atoms with E-state index in [1.807, 2.05) is 12.3 Å². The summed E-state index contributed by atoms with van der Waals surface area (Å²) in [6.07, 6.45) is 2.61. The molecule has 0 radical (unpaired) electrons. The van der Waals surface area contributed by atoms with Gasteiger partial charge in [0.15, 0.2) is 11.0 Å². The van der Waals surface area contributed by atoms with Crippen LogP contribution in [0.2, 0.25) is 0 Å². The summed E-state index contributed by atoms with van der Waals surface area (Å²) in [6, 6.07) is 8.53. The summed E-state index contributed by atoms with van der Waals surface area (Å²) in [6.45, 7) is 1.85. The Morgan fingerprint density at radius 3 is 2.45 bits per heavy atom. The third-order valence-electron chi connectivity index (χ3n) is 4.27. The number of anilines is 1. The first-order valence-electron chi connectivity index (χ1n) is 9.52. The Labute approximate surface area is 190 Å². The third-order valence-corrected chi connectivity index (χ3v) is 6.15. The van der Waals surface area contributed by atoms with Crippen molar-refractivity contribution in [2.45, 2.75) is 23.8 Å². The summed E-state index contributed by atoms with van der Waals surface area (Å²) in [5.74, 6) is -0.321. The average Bonchev–Trinajstić information content (AvgIpc) is 3.17. The molecule has 0 saturated heterocycles. The van der Waals surface area contributed by atoms with E-state index in [-0.39, 0.29) is 24.2 Å². The molecule has 0 aliphatic rings. The lowest BCUT2D eigenvalue weighted by Crippen LogP contribution is -2.37. The molecular weight excluding hydrogens is 438 g/mol. The van der Waals surface area contributed by atoms with Crippen LogP contribution in [-0.2, 0) is 20.7 Å². The van der Waals surface area contributed by atoms with E-state index in [0.29, 0.717) is 28.3 Å². The number of hydrogen-bond donors (Lipinski definition) is 0. The summed E-state index contributed by atoms with van der Waals surface area (Å²) >= 11 is 2.79. The Balaban J connectivity index is 2.22. The van der Waals surface area contributed by atoms with E-state index in [9.17, 15) is 14.4 Å². The number of aromatic nitrogens is 3. The molecule has 1 unspecified atom stereocenters. The van der Waals surface area contributed by atoms with Crippen LogP contribution in [0.3, 0.4) is 0 Å². The topological polar surface area (TPSA) is 97.6 Å². The second-order valence-electron chi connectivity index (χ2n) is 6.83. The maximum Gasteiger partial charge on any atom is 0.346 e. The van der Waals surface area contributed by atoms with Gasteiger partial charge in [-0.25, -0.2) is 9.78 Å². The Bertz CT molecular complexity index is 904. The minimum Gasteiger partial charge on any atom is -0.468 e. The van der Waals surface area contributed by atoms with Crippen LogP contribution >= 0.6 is 23.5 Å². The highest BCUT2D eigenvalue weighted by atomic mass is 32.2. The van der Waals surface area contributed by atoms with Crippen LogP contribution in [0.15, 0.2) is 35.5 Å². The standard InChI is InChI=1S/C20H27N5O4S2/c1-14(30-5)11-16-21-19(25(22-16)20(28)23(2)3)31-13-17(26)24(12-18(27)29-4)15-9-7-6-8-10-15/h6-10,14H,11-13H2,1-5H3. The fourth-order valence-electron chi connectivity index (χ4n) is 2.50. The average molecular weight is 466 g/mol. The number of para-hydroxylation sites is 1. The molecule has 168 valence electrons. The molecule has 0 fully saturated rings. The van der Waals surface area contributed by atoms with Crippen molar-refractivity contribution in [3.05, 3.63) is 36.2 Å². The quantitative estimate of drug-likeness (QED) is 0.411. The van der Waals surface area contributed by atoms with Crippen molar-refractivity contribution in [1.82, 2.24) is 19.7 Å². The molecule has 0 N–H and O–H groups in total. The van der Waals surface area contributed by atoms with Gasteiger partial charge >= 0.3 is 12.0 Å². The highest BCUT2D eigenvalue weighted by molar-refractivity contribution is 7.99. The minimum atomic E-state index is -0.526. The molecule has 1 atom stereocenters. The zero-order valence-corrected chi connectivity index (χ0v) is 19.9. The van der Waals surface area contributed by atoms with Crippen LogP contribution in [0.5, 0.6) is 0 Å². The highest BCUT2D eigenvalue weighted by Gasteiger charge is 2.23.